The topological polar surface area (TPSA) is 68.8 Å². The summed E-state index contributed by atoms with van der Waals surface area (Å²) in [6, 6.07) is 13.7. The lowest BCUT2D eigenvalue weighted by Gasteiger charge is -2.20. The molecule has 0 atom stereocenters. The van der Waals surface area contributed by atoms with Crippen molar-refractivity contribution in [2.45, 2.75) is 39.4 Å². The van der Waals surface area contributed by atoms with E-state index in [-0.39, 0.29) is 18.1 Å². The number of carbonyl (C=O) groups is 1. The van der Waals surface area contributed by atoms with E-state index >= 15 is 0 Å². The van der Waals surface area contributed by atoms with E-state index in [2.05, 4.69) is 10.6 Å². The Labute approximate surface area is 167 Å². The molecule has 0 aliphatic heterocycles. The maximum atomic E-state index is 11.9. The second-order valence-corrected chi connectivity index (χ2v) is 7.52. The number of hydrogen-bond donors (Lipinski definition) is 2. The maximum Gasteiger partial charge on any atom is 0.258 e. The Morgan fingerprint density at radius 1 is 0.893 bits per heavy atom. The molecule has 2 aromatic carbocycles. The Kier molecular flexibility index (Phi) is 7.70. The summed E-state index contributed by atoms with van der Waals surface area (Å²) >= 11 is 0. The molecule has 0 aliphatic rings. The Morgan fingerprint density at radius 2 is 1.54 bits per heavy atom. The van der Waals surface area contributed by atoms with Crippen LogP contribution < -0.4 is 24.8 Å². The molecule has 28 heavy (non-hydrogen) atoms. The number of carbonyl (C=O) groups excluding carboxylic acids is 1. The van der Waals surface area contributed by atoms with Gasteiger partial charge in [-0.05, 0) is 56.2 Å². The highest BCUT2D eigenvalue weighted by atomic mass is 16.5. The summed E-state index contributed by atoms with van der Waals surface area (Å²) in [6.07, 6.45) is 0. The minimum atomic E-state index is -0.288. The summed E-state index contributed by atoms with van der Waals surface area (Å²) in [7, 11) is 3.25. The molecule has 2 N–H and O–H groups in total. The first kappa shape index (κ1) is 21.6. The van der Waals surface area contributed by atoms with Crippen LogP contribution in [0.3, 0.4) is 0 Å². The number of ether oxygens (including phenoxy) is 3. The zero-order chi connectivity index (χ0) is 20.6. The van der Waals surface area contributed by atoms with Crippen LogP contribution in [0.25, 0.3) is 0 Å². The van der Waals surface area contributed by atoms with Crippen LogP contribution in [-0.2, 0) is 17.9 Å². The second-order valence-electron chi connectivity index (χ2n) is 7.52. The smallest absolute Gasteiger partial charge is 0.258 e. The van der Waals surface area contributed by atoms with E-state index in [1.807, 2.05) is 63.2 Å². The second kappa shape index (κ2) is 9.99. The van der Waals surface area contributed by atoms with E-state index < -0.39 is 0 Å². The van der Waals surface area contributed by atoms with Gasteiger partial charge < -0.3 is 24.8 Å². The molecule has 2 rings (SSSR count). The van der Waals surface area contributed by atoms with Crippen molar-refractivity contribution in [1.29, 1.82) is 0 Å². The van der Waals surface area contributed by atoms with Crippen molar-refractivity contribution in [3.63, 3.8) is 0 Å². The monoisotopic (exact) mass is 386 g/mol. The van der Waals surface area contributed by atoms with Gasteiger partial charge in [-0.3, -0.25) is 4.79 Å². The third-order valence-corrected chi connectivity index (χ3v) is 3.92. The number of hydrogen-bond acceptors (Lipinski definition) is 5. The Balaban J connectivity index is 1.88. The molecular weight excluding hydrogens is 356 g/mol. The summed E-state index contributed by atoms with van der Waals surface area (Å²) in [6.45, 7) is 7.17. The Bertz CT molecular complexity index is 767. The van der Waals surface area contributed by atoms with Crippen molar-refractivity contribution in [3.05, 3.63) is 53.6 Å². The van der Waals surface area contributed by atoms with Gasteiger partial charge in [0.1, 0.15) is 5.75 Å². The average Bonchev–Trinajstić information content (AvgIpc) is 2.66. The molecule has 0 aliphatic carbocycles. The fourth-order valence-corrected chi connectivity index (χ4v) is 2.63. The molecule has 0 saturated carbocycles. The predicted octanol–water partition coefficient (Wildman–Crippen LogP) is 3.29. The van der Waals surface area contributed by atoms with Gasteiger partial charge in [0.2, 0.25) is 0 Å². The zero-order valence-corrected chi connectivity index (χ0v) is 17.3. The van der Waals surface area contributed by atoms with Crippen LogP contribution in [-0.4, -0.2) is 32.3 Å². The summed E-state index contributed by atoms with van der Waals surface area (Å²) in [5.74, 6) is 1.83. The first-order chi connectivity index (χ1) is 13.3. The molecule has 6 heteroatoms. The van der Waals surface area contributed by atoms with Gasteiger partial charge in [0.25, 0.3) is 5.91 Å². The number of nitrogens with one attached hydrogen (secondary N) is 2. The molecular formula is C22H30N2O4. The summed E-state index contributed by atoms with van der Waals surface area (Å²) in [5, 5.41) is 6.27. The third kappa shape index (κ3) is 7.12. The molecule has 0 radical (unpaired) electrons. The largest absolute Gasteiger partial charge is 0.497 e. The molecule has 0 aromatic heterocycles. The fourth-order valence-electron chi connectivity index (χ4n) is 2.63. The lowest BCUT2D eigenvalue weighted by molar-refractivity contribution is -0.124. The Morgan fingerprint density at radius 3 is 2.14 bits per heavy atom. The van der Waals surface area contributed by atoms with E-state index in [9.17, 15) is 4.79 Å². The quantitative estimate of drug-likeness (QED) is 0.692. The van der Waals surface area contributed by atoms with E-state index in [0.29, 0.717) is 18.0 Å². The van der Waals surface area contributed by atoms with E-state index in [1.54, 1.807) is 14.2 Å². The SMILES string of the molecule is COc1ccc(CNCc2ccc(OCC(=O)NC(C)(C)C)c(OC)c2)cc1. The van der Waals surface area contributed by atoms with Crippen LogP contribution in [0, 0.1) is 0 Å². The molecule has 0 bridgehead atoms. The molecule has 0 heterocycles. The highest BCUT2D eigenvalue weighted by molar-refractivity contribution is 5.78. The molecule has 6 nitrogen and oxygen atoms in total. The summed E-state index contributed by atoms with van der Waals surface area (Å²) in [5.41, 5.74) is 1.96. The van der Waals surface area contributed by atoms with Gasteiger partial charge in [-0.2, -0.15) is 0 Å². The van der Waals surface area contributed by atoms with E-state index in [1.165, 1.54) is 5.56 Å². The summed E-state index contributed by atoms with van der Waals surface area (Å²) < 4.78 is 16.2. The van der Waals surface area contributed by atoms with Crippen LogP contribution in [0.4, 0.5) is 0 Å². The highest BCUT2D eigenvalue weighted by Gasteiger charge is 2.15. The average molecular weight is 386 g/mol. The maximum absolute atomic E-state index is 11.9. The van der Waals surface area contributed by atoms with Crippen molar-refractivity contribution < 1.29 is 19.0 Å². The predicted molar refractivity (Wildman–Crippen MR) is 110 cm³/mol. The van der Waals surface area contributed by atoms with Crippen LogP contribution in [0.15, 0.2) is 42.5 Å². The molecule has 0 fully saturated rings. The van der Waals surface area contributed by atoms with Gasteiger partial charge in [0.05, 0.1) is 14.2 Å². The van der Waals surface area contributed by atoms with Crippen LogP contribution in [0.1, 0.15) is 31.9 Å². The van der Waals surface area contributed by atoms with Crippen LogP contribution in [0.5, 0.6) is 17.2 Å². The molecule has 0 unspecified atom stereocenters. The normalized spacial score (nSPS) is 11.0. The van der Waals surface area contributed by atoms with Crippen molar-refractivity contribution in [2.24, 2.45) is 0 Å². The van der Waals surface area contributed by atoms with Crippen molar-refractivity contribution in [1.82, 2.24) is 10.6 Å². The Hall–Kier alpha value is -2.73. The van der Waals surface area contributed by atoms with Gasteiger partial charge in [-0.1, -0.05) is 18.2 Å². The lowest BCUT2D eigenvalue weighted by Crippen LogP contribution is -2.43. The van der Waals surface area contributed by atoms with Gasteiger partial charge in [0.15, 0.2) is 18.1 Å². The third-order valence-electron chi connectivity index (χ3n) is 3.92. The molecule has 0 spiro atoms. The van der Waals surface area contributed by atoms with E-state index in [4.69, 9.17) is 14.2 Å². The van der Waals surface area contributed by atoms with Gasteiger partial charge in [-0.15, -0.1) is 0 Å². The van der Waals surface area contributed by atoms with E-state index in [0.717, 1.165) is 17.9 Å². The number of rotatable bonds is 9. The van der Waals surface area contributed by atoms with Gasteiger partial charge in [-0.25, -0.2) is 0 Å². The number of benzene rings is 2. The molecule has 152 valence electrons. The van der Waals surface area contributed by atoms with Crippen molar-refractivity contribution in [2.75, 3.05) is 20.8 Å². The van der Waals surface area contributed by atoms with Crippen LogP contribution >= 0.6 is 0 Å². The minimum absolute atomic E-state index is 0.0529. The van der Waals surface area contributed by atoms with Crippen LogP contribution in [0.2, 0.25) is 0 Å². The minimum Gasteiger partial charge on any atom is -0.497 e. The molecule has 0 saturated heterocycles. The van der Waals surface area contributed by atoms with Gasteiger partial charge >= 0.3 is 0 Å². The highest BCUT2D eigenvalue weighted by Crippen LogP contribution is 2.28. The van der Waals surface area contributed by atoms with Crippen molar-refractivity contribution >= 4 is 5.91 Å². The van der Waals surface area contributed by atoms with Gasteiger partial charge in [0, 0.05) is 18.6 Å². The molecule has 1 amide bonds. The fraction of sp³-hybridized carbons (Fsp3) is 0.409. The first-order valence-corrected chi connectivity index (χ1v) is 9.25. The number of amides is 1. The first-order valence-electron chi connectivity index (χ1n) is 9.25. The number of methoxy groups -OCH3 is 2. The van der Waals surface area contributed by atoms with Crippen molar-refractivity contribution in [3.8, 4) is 17.2 Å². The zero-order valence-electron chi connectivity index (χ0n) is 17.3. The summed E-state index contributed by atoms with van der Waals surface area (Å²) in [4.78, 5) is 11.9. The lowest BCUT2D eigenvalue weighted by atomic mass is 10.1. The molecule has 2 aromatic rings. The standard InChI is InChI=1S/C22H30N2O4/c1-22(2,3)24-21(25)15-28-19-11-8-17(12-20(19)27-5)14-23-13-16-6-9-18(26-4)10-7-16/h6-12,23H,13-15H2,1-5H3,(H,24,25).